The molecule has 3 aromatic heterocycles. The van der Waals surface area contributed by atoms with Crippen LogP contribution in [0.5, 0.6) is 0 Å². The van der Waals surface area contributed by atoms with Crippen LogP contribution in [0.2, 0.25) is 0 Å². The molecular formula is C14H13N5O2. The molecule has 0 atom stereocenters. The van der Waals surface area contributed by atoms with Crippen LogP contribution in [0.25, 0.3) is 17.0 Å². The highest BCUT2D eigenvalue weighted by Gasteiger charge is 2.14. The standard InChI is InChI=1S/C14H13N5O2/c1-2-15-13-9-10(19(20)21)8-11(17-13)12-4-3-5-14-16-6-7-18(12)14/h3-9H,2H2,1H3,(H,15,17). The maximum Gasteiger partial charge on any atom is 0.275 e. The van der Waals surface area contributed by atoms with Crippen molar-refractivity contribution < 1.29 is 4.92 Å². The van der Waals surface area contributed by atoms with Crippen molar-refractivity contribution in [3.63, 3.8) is 0 Å². The second-order valence-electron chi connectivity index (χ2n) is 4.45. The average molecular weight is 283 g/mol. The fraction of sp³-hybridized carbons (Fsp3) is 0.143. The van der Waals surface area contributed by atoms with Gasteiger partial charge in [0.25, 0.3) is 5.69 Å². The van der Waals surface area contributed by atoms with Crippen LogP contribution in [0.3, 0.4) is 0 Å². The first-order chi connectivity index (χ1) is 10.2. The van der Waals surface area contributed by atoms with Crippen molar-refractivity contribution in [2.75, 3.05) is 11.9 Å². The summed E-state index contributed by atoms with van der Waals surface area (Å²) in [5.41, 5.74) is 2.07. The van der Waals surface area contributed by atoms with Crippen LogP contribution in [0.15, 0.2) is 42.7 Å². The van der Waals surface area contributed by atoms with Crippen LogP contribution in [-0.2, 0) is 0 Å². The van der Waals surface area contributed by atoms with Crippen LogP contribution in [-0.4, -0.2) is 25.8 Å². The Hall–Kier alpha value is -2.96. The Balaban J connectivity index is 2.21. The van der Waals surface area contributed by atoms with E-state index in [1.165, 1.54) is 12.1 Å². The summed E-state index contributed by atoms with van der Waals surface area (Å²) >= 11 is 0. The number of hydrogen-bond donors (Lipinski definition) is 1. The normalized spacial score (nSPS) is 10.7. The van der Waals surface area contributed by atoms with Gasteiger partial charge in [-0.3, -0.25) is 14.5 Å². The summed E-state index contributed by atoms with van der Waals surface area (Å²) in [6, 6.07) is 8.48. The molecule has 3 rings (SSSR count). The van der Waals surface area contributed by atoms with E-state index >= 15 is 0 Å². The molecule has 106 valence electrons. The lowest BCUT2D eigenvalue weighted by atomic mass is 10.2. The summed E-state index contributed by atoms with van der Waals surface area (Å²) in [4.78, 5) is 19.3. The first-order valence-corrected chi connectivity index (χ1v) is 6.52. The molecule has 0 saturated heterocycles. The van der Waals surface area contributed by atoms with Gasteiger partial charge >= 0.3 is 0 Å². The van der Waals surface area contributed by atoms with Crippen LogP contribution < -0.4 is 5.32 Å². The number of nitrogens with zero attached hydrogens (tertiary/aromatic N) is 4. The minimum atomic E-state index is -0.417. The van der Waals surface area contributed by atoms with E-state index in [0.717, 1.165) is 11.3 Å². The first-order valence-electron chi connectivity index (χ1n) is 6.52. The van der Waals surface area contributed by atoms with Gasteiger partial charge in [0.05, 0.1) is 22.4 Å². The summed E-state index contributed by atoms with van der Waals surface area (Å²) in [6.45, 7) is 2.56. The van der Waals surface area contributed by atoms with E-state index < -0.39 is 4.92 Å². The van der Waals surface area contributed by atoms with Crippen molar-refractivity contribution in [3.05, 3.63) is 52.8 Å². The number of nitrogens with one attached hydrogen (secondary N) is 1. The lowest BCUT2D eigenvalue weighted by Crippen LogP contribution is -2.03. The monoisotopic (exact) mass is 283 g/mol. The number of nitro groups is 1. The molecule has 0 radical (unpaired) electrons. The number of pyridine rings is 2. The van der Waals surface area contributed by atoms with E-state index in [1.54, 1.807) is 12.4 Å². The van der Waals surface area contributed by atoms with E-state index in [-0.39, 0.29) is 5.69 Å². The highest BCUT2D eigenvalue weighted by molar-refractivity contribution is 5.65. The van der Waals surface area contributed by atoms with Crippen molar-refractivity contribution in [2.45, 2.75) is 6.92 Å². The maximum absolute atomic E-state index is 11.1. The van der Waals surface area contributed by atoms with Gasteiger partial charge in [0.15, 0.2) is 0 Å². The van der Waals surface area contributed by atoms with Gasteiger partial charge < -0.3 is 5.32 Å². The molecule has 3 heterocycles. The average Bonchev–Trinajstić information content (AvgIpc) is 2.95. The Morgan fingerprint density at radius 2 is 2.24 bits per heavy atom. The Bertz CT molecular complexity index is 812. The Morgan fingerprint density at radius 3 is 3.00 bits per heavy atom. The van der Waals surface area contributed by atoms with Gasteiger partial charge in [-0.15, -0.1) is 0 Å². The highest BCUT2D eigenvalue weighted by Crippen LogP contribution is 2.25. The summed E-state index contributed by atoms with van der Waals surface area (Å²) in [5, 5.41) is 14.1. The summed E-state index contributed by atoms with van der Waals surface area (Å²) in [6.07, 6.45) is 3.49. The zero-order chi connectivity index (χ0) is 14.8. The molecule has 21 heavy (non-hydrogen) atoms. The zero-order valence-electron chi connectivity index (χ0n) is 11.4. The summed E-state index contributed by atoms with van der Waals surface area (Å²) in [5.74, 6) is 0.485. The molecule has 0 spiro atoms. The highest BCUT2D eigenvalue weighted by atomic mass is 16.6. The molecule has 0 saturated carbocycles. The zero-order valence-corrected chi connectivity index (χ0v) is 11.4. The fourth-order valence-electron chi connectivity index (χ4n) is 2.18. The Labute approximate surface area is 120 Å². The fourth-order valence-corrected chi connectivity index (χ4v) is 2.18. The third kappa shape index (κ3) is 2.40. The van der Waals surface area contributed by atoms with E-state index in [1.807, 2.05) is 29.5 Å². The number of hydrogen-bond acceptors (Lipinski definition) is 5. The molecule has 0 bridgehead atoms. The van der Waals surface area contributed by atoms with Crippen LogP contribution in [0, 0.1) is 10.1 Å². The van der Waals surface area contributed by atoms with Gasteiger partial charge in [0, 0.05) is 25.0 Å². The van der Waals surface area contributed by atoms with Gasteiger partial charge in [0.2, 0.25) is 0 Å². The van der Waals surface area contributed by atoms with Crippen molar-refractivity contribution in [1.82, 2.24) is 14.4 Å². The minimum Gasteiger partial charge on any atom is -0.370 e. The first kappa shape index (κ1) is 13.0. The lowest BCUT2D eigenvalue weighted by molar-refractivity contribution is -0.384. The van der Waals surface area contributed by atoms with Crippen LogP contribution in [0.4, 0.5) is 11.5 Å². The molecule has 0 aliphatic heterocycles. The Kier molecular flexibility index (Phi) is 3.23. The molecule has 7 heteroatoms. The van der Waals surface area contributed by atoms with Gasteiger partial charge in [-0.2, -0.15) is 0 Å². The molecule has 0 amide bonds. The smallest absolute Gasteiger partial charge is 0.275 e. The number of aromatic nitrogens is 3. The van der Waals surface area contributed by atoms with Crippen molar-refractivity contribution >= 4 is 17.2 Å². The van der Waals surface area contributed by atoms with Gasteiger partial charge in [0.1, 0.15) is 11.5 Å². The van der Waals surface area contributed by atoms with E-state index in [4.69, 9.17) is 0 Å². The molecule has 0 fully saturated rings. The molecule has 0 aliphatic carbocycles. The van der Waals surface area contributed by atoms with Crippen LogP contribution >= 0.6 is 0 Å². The molecule has 0 aliphatic rings. The molecule has 1 N–H and O–H groups in total. The van der Waals surface area contributed by atoms with E-state index in [0.29, 0.717) is 18.1 Å². The van der Waals surface area contributed by atoms with Gasteiger partial charge in [-0.25, -0.2) is 9.97 Å². The largest absolute Gasteiger partial charge is 0.370 e. The molecule has 7 nitrogen and oxygen atoms in total. The maximum atomic E-state index is 11.1. The van der Waals surface area contributed by atoms with Crippen LogP contribution in [0.1, 0.15) is 6.92 Å². The predicted octanol–water partition coefficient (Wildman–Crippen LogP) is 2.74. The number of rotatable bonds is 4. The topological polar surface area (TPSA) is 85.4 Å². The SMILES string of the molecule is CCNc1cc([N+](=O)[O-])cc(-c2cccc3nccn23)n1. The van der Waals surface area contributed by atoms with E-state index in [9.17, 15) is 10.1 Å². The van der Waals surface area contributed by atoms with Crippen molar-refractivity contribution in [2.24, 2.45) is 0 Å². The summed E-state index contributed by atoms with van der Waals surface area (Å²) in [7, 11) is 0. The quantitative estimate of drug-likeness (QED) is 0.587. The van der Waals surface area contributed by atoms with Crippen molar-refractivity contribution in [3.8, 4) is 11.4 Å². The third-order valence-electron chi connectivity index (χ3n) is 3.07. The second kappa shape index (κ2) is 5.20. The lowest BCUT2D eigenvalue weighted by Gasteiger charge is -2.08. The molecule has 3 aromatic rings. The second-order valence-corrected chi connectivity index (χ2v) is 4.45. The molecule has 0 unspecified atom stereocenters. The molecular weight excluding hydrogens is 270 g/mol. The number of anilines is 1. The summed E-state index contributed by atoms with van der Waals surface area (Å²) < 4.78 is 1.85. The van der Waals surface area contributed by atoms with Gasteiger partial charge in [-0.1, -0.05) is 6.07 Å². The molecule has 0 aromatic carbocycles. The van der Waals surface area contributed by atoms with E-state index in [2.05, 4.69) is 15.3 Å². The van der Waals surface area contributed by atoms with Gasteiger partial charge in [-0.05, 0) is 19.1 Å². The number of imidazole rings is 1. The predicted molar refractivity (Wildman–Crippen MR) is 79.2 cm³/mol. The van der Waals surface area contributed by atoms with Crippen molar-refractivity contribution in [1.29, 1.82) is 0 Å². The minimum absolute atomic E-state index is 0.00747. The third-order valence-corrected chi connectivity index (χ3v) is 3.07. The number of fused-ring (bicyclic) bond motifs is 1. The Morgan fingerprint density at radius 1 is 1.38 bits per heavy atom.